The van der Waals surface area contributed by atoms with Crippen molar-refractivity contribution < 1.29 is 4.79 Å². The van der Waals surface area contributed by atoms with Gasteiger partial charge in [0.15, 0.2) is 0 Å². The van der Waals surface area contributed by atoms with Crippen LogP contribution in [-0.2, 0) is 13.0 Å². The lowest BCUT2D eigenvalue weighted by atomic mass is 10.2. The van der Waals surface area contributed by atoms with Crippen LogP contribution in [0.4, 0.5) is 0 Å². The Bertz CT molecular complexity index is 649. The highest BCUT2D eigenvalue weighted by Gasteiger charge is 2.25. The molecule has 0 atom stereocenters. The smallest absolute Gasteiger partial charge is 0.267 e. The number of piperazine rings is 1. The van der Waals surface area contributed by atoms with E-state index in [1.165, 1.54) is 16.4 Å². The van der Waals surface area contributed by atoms with Crippen molar-refractivity contribution in [2.45, 2.75) is 19.9 Å². The van der Waals surface area contributed by atoms with Gasteiger partial charge in [-0.05, 0) is 30.1 Å². The second kappa shape index (κ2) is 7.04. The van der Waals surface area contributed by atoms with E-state index in [4.69, 9.17) is 11.6 Å². The van der Waals surface area contributed by atoms with Gasteiger partial charge in [-0.1, -0.05) is 23.0 Å². The molecule has 1 fully saturated rings. The van der Waals surface area contributed by atoms with Crippen molar-refractivity contribution in [2.24, 2.45) is 0 Å². The zero-order valence-corrected chi connectivity index (χ0v) is 14.7. The molecule has 3 rings (SSSR count). The van der Waals surface area contributed by atoms with Gasteiger partial charge in [-0.25, -0.2) is 0 Å². The Hall–Kier alpha value is -1.02. The van der Waals surface area contributed by atoms with Gasteiger partial charge in [-0.15, -0.1) is 16.4 Å². The molecular formula is C14H17ClN4OS2. The lowest BCUT2D eigenvalue weighted by Gasteiger charge is -2.34. The Morgan fingerprint density at radius 2 is 2.09 bits per heavy atom. The minimum absolute atomic E-state index is 0.0747. The zero-order valence-electron chi connectivity index (χ0n) is 12.3. The minimum atomic E-state index is 0.0747. The summed E-state index contributed by atoms with van der Waals surface area (Å²) in [6, 6.07) is 4.01. The third kappa shape index (κ3) is 3.48. The van der Waals surface area contributed by atoms with Crippen molar-refractivity contribution in [2.75, 3.05) is 26.2 Å². The summed E-state index contributed by atoms with van der Waals surface area (Å²) in [7, 11) is 0. The number of hydrogen-bond acceptors (Lipinski definition) is 6. The normalized spacial score (nSPS) is 16.2. The van der Waals surface area contributed by atoms with Crippen LogP contribution in [0.1, 0.15) is 27.2 Å². The molecule has 2 aromatic heterocycles. The first-order valence-corrected chi connectivity index (χ1v) is 9.21. The number of aromatic nitrogens is 2. The molecule has 1 saturated heterocycles. The molecule has 1 amide bonds. The lowest BCUT2D eigenvalue weighted by Crippen LogP contribution is -2.48. The number of carbonyl (C=O) groups excluding carboxylic acids is 1. The molecule has 3 heterocycles. The van der Waals surface area contributed by atoms with Crippen LogP contribution in [0.15, 0.2) is 12.1 Å². The van der Waals surface area contributed by atoms with Crippen molar-refractivity contribution in [3.05, 3.63) is 31.9 Å². The van der Waals surface area contributed by atoms with Gasteiger partial charge in [-0.2, -0.15) is 0 Å². The van der Waals surface area contributed by atoms with E-state index in [1.54, 1.807) is 11.3 Å². The summed E-state index contributed by atoms with van der Waals surface area (Å²) in [4.78, 5) is 18.8. The number of hydrogen-bond donors (Lipinski definition) is 0. The van der Waals surface area contributed by atoms with Crippen LogP contribution in [0.5, 0.6) is 0 Å². The van der Waals surface area contributed by atoms with Gasteiger partial charge < -0.3 is 4.90 Å². The maximum Gasteiger partial charge on any atom is 0.267 e. The zero-order chi connectivity index (χ0) is 15.5. The summed E-state index contributed by atoms with van der Waals surface area (Å²) in [6.45, 7) is 6.17. The first-order chi connectivity index (χ1) is 10.7. The first-order valence-electron chi connectivity index (χ1n) is 7.24. The first kappa shape index (κ1) is 15.9. The van der Waals surface area contributed by atoms with E-state index >= 15 is 0 Å². The molecule has 0 bridgehead atoms. The quantitative estimate of drug-likeness (QED) is 0.845. The maximum absolute atomic E-state index is 12.5. The van der Waals surface area contributed by atoms with Crippen LogP contribution < -0.4 is 0 Å². The highest BCUT2D eigenvalue weighted by Crippen LogP contribution is 2.23. The Kier molecular flexibility index (Phi) is 5.07. The van der Waals surface area contributed by atoms with Crippen LogP contribution >= 0.6 is 34.5 Å². The van der Waals surface area contributed by atoms with E-state index in [0.29, 0.717) is 4.88 Å². The monoisotopic (exact) mass is 356 g/mol. The third-order valence-corrected chi connectivity index (χ3v) is 5.72. The summed E-state index contributed by atoms with van der Waals surface area (Å²) < 4.78 is 4.73. The topological polar surface area (TPSA) is 49.3 Å². The number of rotatable bonds is 4. The SMILES string of the molecule is CCc1nnsc1C(=O)N1CCN(Cc2ccc(Cl)s2)CC1. The van der Waals surface area contributed by atoms with Crippen LogP contribution in [0.25, 0.3) is 0 Å². The van der Waals surface area contributed by atoms with Crippen molar-refractivity contribution in [3.8, 4) is 0 Å². The molecule has 1 aliphatic heterocycles. The number of aryl methyl sites for hydroxylation is 1. The molecule has 1 aliphatic rings. The van der Waals surface area contributed by atoms with Crippen molar-refractivity contribution in [1.29, 1.82) is 0 Å². The Labute approximate surface area is 142 Å². The van der Waals surface area contributed by atoms with E-state index in [1.807, 2.05) is 17.9 Å². The van der Waals surface area contributed by atoms with Crippen molar-refractivity contribution >= 4 is 40.4 Å². The Morgan fingerprint density at radius 3 is 2.73 bits per heavy atom. The van der Waals surface area contributed by atoms with Crippen molar-refractivity contribution in [3.63, 3.8) is 0 Å². The lowest BCUT2D eigenvalue weighted by molar-refractivity contribution is 0.0633. The standard InChI is InChI=1S/C14H17ClN4OS2/c1-2-11-13(22-17-16-11)14(20)19-7-5-18(6-8-19)9-10-3-4-12(15)21-10/h3-4H,2,5-9H2,1H3. The molecule has 2 aromatic rings. The van der Waals surface area contributed by atoms with E-state index in [9.17, 15) is 4.79 Å². The number of nitrogens with zero attached hydrogens (tertiary/aromatic N) is 4. The summed E-state index contributed by atoms with van der Waals surface area (Å²) in [6.07, 6.45) is 0.747. The highest BCUT2D eigenvalue weighted by atomic mass is 35.5. The molecule has 22 heavy (non-hydrogen) atoms. The molecule has 0 saturated carbocycles. The minimum Gasteiger partial charge on any atom is -0.335 e. The van der Waals surface area contributed by atoms with Crippen LogP contribution in [0.3, 0.4) is 0 Å². The highest BCUT2D eigenvalue weighted by molar-refractivity contribution is 7.16. The Balaban J connectivity index is 1.56. The fourth-order valence-corrected chi connectivity index (χ4v) is 4.36. The average Bonchev–Trinajstić information content (AvgIpc) is 3.16. The molecule has 0 aliphatic carbocycles. The fraction of sp³-hybridized carbons (Fsp3) is 0.500. The third-order valence-electron chi connectivity index (χ3n) is 3.75. The number of amides is 1. The van der Waals surface area contributed by atoms with Gasteiger partial charge in [0.25, 0.3) is 5.91 Å². The average molecular weight is 357 g/mol. The van der Waals surface area contributed by atoms with E-state index in [2.05, 4.69) is 20.6 Å². The van der Waals surface area contributed by atoms with Crippen LogP contribution in [0, 0.1) is 0 Å². The second-order valence-electron chi connectivity index (χ2n) is 5.18. The predicted molar refractivity (Wildman–Crippen MR) is 89.8 cm³/mol. The van der Waals surface area contributed by atoms with Gasteiger partial charge in [0.1, 0.15) is 4.88 Å². The fourth-order valence-electron chi connectivity index (χ4n) is 2.51. The molecule has 0 N–H and O–H groups in total. The van der Waals surface area contributed by atoms with Gasteiger partial charge in [0.05, 0.1) is 10.0 Å². The van der Waals surface area contributed by atoms with E-state index in [0.717, 1.165) is 49.2 Å². The molecule has 0 spiro atoms. The molecule has 8 heteroatoms. The number of halogens is 1. The van der Waals surface area contributed by atoms with Gasteiger partial charge in [0, 0.05) is 37.6 Å². The largest absolute Gasteiger partial charge is 0.335 e. The molecule has 118 valence electrons. The maximum atomic E-state index is 12.5. The Morgan fingerprint density at radius 1 is 1.32 bits per heavy atom. The molecule has 0 radical (unpaired) electrons. The second-order valence-corrected chi connectivity index (χ2v) is 7.73. The van der Waals surface area contributed by atoms with Gasteiger partial charge in [0.2, 0.25) is 0 Å². The van der Waals surface area contributed by atoms with E-state index in [-0.39, 0.29) is 5.91 Å². The van der Waals surface area contributed by atoms with Gasteiger partial charge >= 0.3 is 0 Å². The summed E-state index contributed by atoms with van der Waals surface area (Å²) in [5.74, 6) is 0.0747. The molecular weight excluding hydrogens is 340 g/mol. The summed E-state index contributed by atoms with van der Waals surface area (Å²) in [5.41, 5.74) is 0.811. The number of carbonyl (C=O) groups is 1. The predicted octanol–water partition coefficient (Wildman–Crippen LogP) is 2.77. The van der Waals surface area contributed by atoms with Crippen LogP contribution in [0.2, 0.25) is 4.34 Å². The number of thiophene rings is 1. The van der Waals surface area contributed by atoms with E-state index < -0.39 is 0 Å². The molecule has 0 unspecified atom stereocenters. The van der Waals surface area contributed by atoms with Crippen LogP contribution in [-0.4, -0.2) is 51.5 Å². The van der Waals surface area contributed by atoms with Gasteiger partial charge in [-0.3, -0.25) is 9.69 Å². The van der Waals surface area contributed by atoms with Crippen molar-refractivity contribution in [1.82, 2.24) is 19.4 Å². The molecule has 0 aromatic carbocycles. The molecule has 5 nitrogen and oxygen atoms in total. The summed E-state index contributed by atoms with van der Waals surface area (Å²) >= 11 is 8.79. The summed E-state index contributed by atoms with van der Waals surface area (Å²) in [5, 5.41) is 4.02.